The molecule has 20 heavy (non-hydrogen) atoms. The van der Waals surface area contributed by atoms with Gasteiger partial charge in [-0.05, 0) is 58.7 Å². The number of rotatable bonds is 10. The average Bonchev–Trinajstić information content (AvgIpc) is 2.91. The van der Waals surface area contributed by atoms with Gasteiger partial charge in [0.2, 0.25) is 0 Å². The summed E-state index contributed by atoms with van der Waals surface area (Å²) in [7, 11) is 2.17. The molecule has 0 amide bonds. The molecule has 4 nitrogen and oxygen atoms in total. The van der Waals surface area contributed by atoms with Crippen LogP contribution in [-0.4, -0.2) is 50.2 Å². The molecule has 118 valence electrons. The number of hydrogen-bond donors (Lipinski definition) is 1. The van der Waals surface area contributed by atoms with Gasteiger partial charge in [0, 0.05) is 6.54 Å². The van der Waals surface area contributed by atoms with Crippen molar-refractivity contribution in [3.63, 3.8) is 0 Å². The molecule has 1 N–H and O–H groups in total. The van der Waals surface area contributed by atoms with Gasteiger partial charge in [0.05, 0.1) is 6.61 Å². The molecule has 1 aliphatic rings. The molecule has 1 atom stereocenters. The Morgan fingerprint density at radius 3 is 2.65 bits per heavy atom. The largest absolute Gasteiger partial charge is 0.465 e. The Hall–Kier alpha value is -0.610. The van der Waals surface area contributed by atoms with Crippen LogP contribution in [0.1, 0.15) is 52.4 Å². The van der Waals surface area contributed by atoms with Crippen LogP contribution in [0.15, 0.2) is 0 Å². The van der Waals surface area contributed by atoms with Gasteiger partial charge in [-0.15, -0.1) is 0 Å². The highest BCUT2D eigenvalue weighted by Crippen LogP contribution is 2.25. The summed E-state index contributed by atoms with van der Waals surface area (Å²) in [4.78, 5) is 14.3. The van der Waals surface area contributed by atoms with Crippen LogP contribution < -0.4 is 5.32 Å². The van der Waals surface area contributed by atoms with E-state index in [0.29, 0.717) is 6.61 Å². The second kappa shape index (κ2) is 10.2. The zero-order valence-corrected chi connectivity index (χ0v) is 13.5. The van der Waals surface area contributed by atoms with E-state index in [1.165, 1.54) is 32.2 Å². The van der Waals surface area contributed by atoms with E-state index in [1.807, 2.05) is 6.92 Å². The number of carbonyl (C=O) groups excluding carboxylic acids is 1. The zero-order chi connectivity index (χ0) is 14.8. The smallest absolute Gasteiger partial charge is 0.323 e. The third-order valence-corrected chi connectivity index (χ3v) is 4.06. The van der Waals surface area contributed by atoms with Gasteiger partial charge in [0.25, 0.3) is 0 Å². The predicted molar refractivity (Wildman–Crippen MR) is 82.8 cm³/mol. The summed E-state index contributed by atoms with van der Waals surface area (Å²) < 4.78 is 5.15. The minimum absolute atomic E-state index is 0.102. The first-order valence-electron chi connectivity index (χ1n) is 8.25. The van der Waals surface area contributed by atoms with Gasteiger partial charge in [-0.1, -0.05) is 19.8 Å². The van der Waals surface area contributed by atoms with Crippen LogP contribution in [0.5, 0.6) is 0 Å². The van der Waals surface area contributed by atoms with E-state index in [1.54, 1.807) is 0 Å². The van der Waals surface area contributed by atoms with Crippen LogP contribution in [0.2, 0.25) is 0 Å². The minimum Gasteiger partial charge on any atom is -0.465 e. The topological polar surface area (TPSA) is 41.6 Å². The highest BCUT2D eigenvalue weighted by Gasteiger charge is 2.21. The molecular formula is C16H32N2O2. The Balaban J connectivity index is 2.29. The van der Waals surface area contributed by atoms with Crippen molar-refractivity contribution < 1.29 is 9.53 Å². The maximum atomic E-state index is 11.9. The number of esters is 1. The van der Waals surface area contributed by atoms with Gasteiger partial charge in [-0.2, -0.15) is 0 Å². The first-order valence-corrected chi connectivity index (χ1v) is 8.25. The Morgan fingerprint density at radius 2 is 2.05 bits per heavy atom. The summed E-state index contributed by atoms with van der Waals surface area (Å²) >= 11 is 0. The number of hydrogen-bond acceptors (Lipinski definition) is 4. The quantitative estimate of drug-likeness (QED) is 0.626. The fourth-order valence-electron chi connectivity index (χ4n) is 2.94. The number of ether oxygens (including phenoxy) is 1. The van der Waals surface area contributed by atoms with Crippen LogP contribution in [0.4, 0.5) is 0 Å². The van der Waals surface area contributed by atoms with Crippen LogP contribution in [0, 0.1) is 5.92 Å². The molecule has 0 radical (unpaired) electrons. The highest BCUT2D eigenvalue weighted by atomic mass is 16.5. The molecule has 0 heterocycles. The summed E-state index contributed by atoms with van der Waals surface area (Å²) in [6.07, 6.45) is 7.40. The minimum atomic E-state index is -0.152. The van der Waals surface area contributed by atoms with E-state index in [9.17, 15) is 4.79 Å². The summed E-state index contributed by atoms with van der Waals surface area (Å²) in [5, 5.41) is 3.30. The summed E-state index contributed by atoms with van der Waals surface area (Å²) in [6, 6.07) is -0.152. The molecule has 4 heteroatoms. The molecule has 1 saturated carbocycles. The zero-order valence-electron chi connectivity index (χ0n) is 13.5. The van der Waals surface area contributed by atoms with E-state index in [4.69, 9.17) is 4.74 Å². The Labute approximate surface area is 124 Å². The third-order valence-electron chi connectivity index (χ3n) is 4.06. The molecular weight excluding hydrogens is 252 g/mol. The van der Waals surface area contributed by atoms with E-state index in [2.05, 4.69) is 24.2 Å². The van der Waals surface area contributed by atoms with Crippen molar-refractivity contribution in [2.24, 2.45) is 5.92 Å². The lowest BCUT2D eigenvalue weighted by atomic mass is 10.1. The van der Waals surface area contributed by atoms with Crippen molar-refractivity contribution in [3.8, 4) is 0 Å². The maximum absolute atomic E-state index is 11.9. The van der Waals surface area contributed by atoms with Crippen molar-refractivity contribution in [2.75, 3.05) is 33.3 Å². The van der Waals surface area contributed by atoms with Crippen LogP contribution in [0.25, 0.3) is 0 Å². The summed E-state index contributed by atoms with van der Waals surface area (Å²) in [5.41, 5.74) is 0. The highest BCUT2D eigenvalue weighted by molar-refractivity contribution is 5.75. The molecule has 0 aromatic carbocycles. The monoisotopic (exact) mass is 284 g/mol. The third kappa shape index (κ3) is 6.71. The van der Waals surface area contributed by atoms with Crippen LogP contribution in [-0.2, 0) is 9.53 Å². The van der Waals surface area contributed by atoms with Crippen LogP contribution in [0.3, 0.4) is 0 Å². The van der Waals surface area contributed by atoms with E-state index < -0.39 is 0 Å². The Morgan fingerprint density at radius 1 is 1.35 bits per heavy atom. The maximum Gasteiger partial charge on any atom is 0.323 e. The number of nitrogens with zero attached hydrogens (tertiary/aromatic N) is 1. The Bertz CT molecular complexity index is 265. The molecule has 1 aliphatic carbocycles. The molecule has 0 aromatic heterocycles. The van der Waals surface area contributed by atoms with Gasteiger partial charge < -0.3 is 15.0 Å². The molecule has 0 bridgehead atoms. The molecule has 1 fully saturated rings. The SMILES string of the molecule is CCCNC(CCN(C)CC1CCCC1)C(=O)OCC. The predicted octanol–water partition coefficient (Wildman–Crippen LogP) is 2.43. The van der Waals surface area contributed by atoms with Gasteiger partial charge in [0.15, 0.2) is 0 Å². The van der Waals surface area contributed by atoms with E-state index >= 15 is 0 Å². The van der Waals surface area contributed by atoms with Crippen molar-refractivity contribution in [2.45, 2.75) is 58.4 Å². The van der Waals surface area contributed by atoms with Gasteiger partial charge in [-0.25, -0.2) is 0 Å². The van der Waals surface area contributed by atoms with Crippen molar-refractivity contribution in [1.29, 1.82) is 0 Å². The molecule has 0 saturated heterocycles. The standard InChI is InChI=1S/C16H32N2O2/c1-4-11-17-15(16(19)20-5-2)10-12-18(3)13-14-8-6-7-9-14/h14-15,17H,4-13H2,1-3H3. The lowest BCUT2D eigenvalue weighted by Crippen LogP contribution is -2.41. The van der Waals surface area contributed by atoms with Crippen molar-refractivity contribution in [3.05, 3.63) is 0 Å². The van der Waals surface area contributed by atoms with Crippen LogP contribution >= 0.6 is 0 Å². The van der Waals surface area contributed by atoms with Gasteiger partial charge >= 0.3 is 5.97 Å². The van der Waals surface area contributed by atoms with Gasteiger partial charge in [-0.3, -0.25) is 4.79 Å². The molecule has 0 spiro atoms. The molecule has 1 rings (SSSR count). The van der Waals surface area contributed by atoms with Crippen molar-refractivity contribution >= 4 is 5.97 Å². The second-order valence-electron chi connectivity index (χ2n) is 5.96. The normalized spacial score (nSPS) is 17.6. The Kier molecular flexibility index (Phi) is 8.86. The second-order valence-corrected chi connectivity index (χ2v) is 5.96. The van der Waals surface area contributed by atoms with E-state index in [-0.39, 0.29) is 12.0 Å². The van der Waals surface area contributed by atoms with Crippen molar-refractivity contribution in [1.82, 2.24) is 10.2 Å². The fraction of sp³-hybridized carbons (Fsp3) is 0.938. The van der Waals surface area contributed by atoms with Gasteiger partial charge in [0.1, 0.15) is 6.04 Å². The average molecular weight is 284 g/mol. The lowest BCUT2D eigenvalue weighted by Gasteiger charge is -2.23. The first kappa shape index (κ1) is 17.4. The number of carbonyl (C=O) groups is 1. The number of nitrogens with one attached hydrogen (secondary N) is 1. The summed E-state index contributed by atoms with van der Waals surface area (Å²) in [6.45, 7) is 7.43. The van der Waals surface area contributed by atoms with E-state index in [0.717, 1.165) is 31.8 Å². The lowest BCUT2D eigenvalue weighted by molar-refractivity contribution is -0.145. The molecule has 0 aromatic rings. The molecule has 1 unspecified atom stereocenters. The molecule has 0 aliphatic heterocycles. The fourth-order valence-corrected chi connectivity index (χ4v) is 2.94. The first-order chi connectivity index (χ1) is 9.67. The summed E-state index contributed by atoms with van der Waals surface area (Å²) in [5.74, 6) is 0.764.